The normalized spacial score (nSPS) is 10.5. The Morgan fingerprint density at radius 2 is 1.81 bits per heavy atom. The summed E-state index contributed by atoms with van der Waals surface area (Å²) in [4.78, 5) is 14.2. The molecule has 110 valence electrons. The number of nitrogens with one attached hydrogen (secondary N) is 1. The molecule has 2 aromatic rings. The van der Waals surface area contributed by atoms with Crippen LogP contribution in [0.4, 0.5) is 5.69 Å². The highest BCUT2D eigenvalue weighted by Crippen LogP contribution is 2.17. The number of hydrogen-bond acceptors (Lipinski definition) is 2. The Kier molecular flexibility index (Phi) is 4.99. The third-order valence-electron chi connectivity index (χ3n) is 3.23. The zero-order valence-corrected chi connectivity index (χ0v) is 12.8. The molecule has 0 aliphatic heterocycles. The van der Waals surface area contributed by atoms with Crippen LogP contribution in [0, 0.1) is 0 Å². The van der Waals surface area contributed by atoms with Gasteiger partial charge < -0.3 is 10.2 Å². The zero-order chi connectivity index (χ0) is 15.2. The number of hydrogen-bond donors (Lipinski definition) is 1. The summed E-state index contributed by atoms with van der Waals surface area (Å²) < 4.78 is 0. The van der Waals surface area contributed by atoms with Gasteiger partial charge in [-0.15, -0.1) is 0 Å². The van der Waals surface area contributed by atoms with E-state index in [-0.39, 0.29) is 11.9 Å². The number of nitrogens with zero attached hydrogens (tertiary/aromatic N) is 1. The Balaban J connectivity index is 2.11. The van der Waals surface area contributed by atoms with Gasteiger partial charge in [-0.3, -0.25) is 4.79 Å². The van der Waals surface area contributed by atoms with Crippen LogP contribution in [0.1, 0.15) is 29.8 Å². The summed E-state index contributed by atoms with van der Waals surface area (Å²) in [5.41, 5.74) is 2.98. The molecule has 1 amide bonds. The van der Waals surface area contributed by atoms with Crippen LogP contribution in [0.15, 0.2) is 54.6 Å². The first-order valence-electron chi connectivity index (χ1n) is 7.22. The van der Waals surface area contributed by atoms with Crippen molar-refractivity contribution < 1.29 is 4.79 Å². The topological polar surface area (TPSA) is 32.3 Å². The molecule has 3 nitrogen and oxygen atoms in total. The van der Waals surface area contributed by atoms with Gasteiger partial charge in [-0.1, -0.05) is 36.4 Å². The van der Waals surface area contributed by atoms with Crippen molar-refractivity contribution in [2.45, 2.75) is 26.4 Å². The second kappa shape index (κ2) is 6.93. The number of carbonyl (C=O) groups is 1. The first-order chi connectivity index (χ1) is 10.1. The van der Waals surface area contributed by atoms with Gasteiger partial charge in [-0.05, 0) is 37.6 Å². The molecule has 21 heavy (non-hydrogen) atoms. The number of amides is 1. The van der Waals surface area contributed by atoms with E-state index in [9.17, 15) is 4.79 Å². The van der Waals surface area contributed by atoms with Crippen molar-refractivity contribution in [1.82, 2.24) is 5.32 Å². The molecule has 0 fully saturated rings. The maximum Gasteiger partial charge on any atom is 0.251 e. The first-order valence-corrected chi connectivity index (χ1v) is 7.22. The van der Waals surface area contributed by atoms with E-state index in [1.165, 1.54) is 5.56 Å². The minimum Gasteiger partial charge on any atom is -0.370 e. The van der Waals surface area contributed by atoms with E-state index in [1.807, 2.05) is 63.4 Å². The highest BCUT2D eigenvalue weighted by Gasteiger charge is 2.09. The van der Waals surface area contributed by atoms with Crippen molar-refractivity contribution in [2.75, 3.05) is 11.9 Å². The quantitative estimate of drug-likeness (QED) is 0.911. The van der Waals surface area contributed by atoms with Crippen LogP contribution in [-0.2, 0) is 6.54 Å². The van der Waals surface area contributed by atoms with Gasteiger partial charge in [-0.2, -0.15) is 0 Å². The predicted molar refractivity (Wildman–Crippen MR) is 87.6 cm³/mol. The molecule has 0 saturated heterocycles. The molecule has 0 aromatic heterocycles. The fourth-order valence-electron chi connectivity index (χ4n) is 2.18. The molecule has 0 bridgehead atoms. The van der Waals surface area contributed by atoms with E-state index in [0.29, 0.717) is 5.56 Å². The molecule has 0 aliphatic carbocycles. The smallest absolute Gasteiger partial charge is 0.251 e. The van der Waals surface area contributed by atoms with E-state index < -0.39 is 0 Å². The van der Waals surface area contributed by atoms with Gasteiger partial charge in [-0.25, -0.2) is 0 Å². The summed E-state index contributed by atoms with van der Waals surface area (Å²) in [6, 6.07) is 18.2. The lowest BCUT2D eigenvalue weighted by Crippen LogP contribution is -2.30. The number of carbonyl (C=O) groups excluding carboxylic acids is 1. The molecular formula is C18H22N2O. The summed E-state index contributed by atoms with van der Waals surface area (Å²) in [5.74, 6) is -0.0278. The van der Waals surface area contributed by atoms with Gasteiger partial charge in [0.1, 0.15) is 0 Å². The maximum atomic E-state index is 12.1. The molecule has 1 N–H and O–H groups in total. The van der Waals surface area contributed by atoms with Crippen LogP contribution in [0.3, 0.4) is 0 Å². The van der Waals surface area contributed by atoms with Crippen molar-refractivity contribution in [3.63, 3.8) is 0 Å². The minimum absolute atomic E-state index is 0.0278. The molecular weight excluding hydrogens is 260 g/mol. The van der Waals surface area contributed by atoms with E-state index in [1.54, 1.807) is 0 Å². The Hall–Kier alpha value is -2.29. The monoisotopic (exact) mass is 282 g/mol. The van der Waals surface area contributed by atoms with Crippen LogP contribution in [0.5, 0.6) is 0 Å². The summed E-state index contributed by atoms with van der Waals surface area (Å²) in [6.45, 7) is 4.74. The van der Waals surface area contributed by atoms with E-state index in [2.05, 4.69) is 22.3 Å². The van der Waals surface area contributed by atoms with Gasteiger partial charge in [0.15, 0.2) is 0 Å². The highest BCUT2D eigenvalue weighted by atomic mass is 16.1. The fraction of sp³-hybridized carbons (Fsp3) is 0.278. The van der Waals surface area contributed by atoms with E-state index in [4.69, 9.17) is 0 Å². The summed E-state index contributed by atoms with van der Waals surface area (Å²) in [7, 11) is 2.03. The van der Waals surface area contributed by atoms with Gasteiger partial charge in [0.2, 0.25) is 0 Å². The van der Waals surface area contributed by atoms with Crippen LogP contribution in [-0.4, -0.2) is 19.0 Å². The van der Waals surface area contributed by atoms with Crippen LogP contribution in [0.25, 0.3) is 0 Å². The molecule has 0 radical (unpaired) electrons. The fourth-order valence-corrected chi connectivity index (χ4v) is 2.18. The Morgan fingerprint density at radius 3 is 2.48 bits per heavy atom. The van der Waals surface area contributed by atoms with Crippen LogP contribution < -0.4 is 10.2 Å². The number of rotatable bonds is 5. The predicted octanol–water partition coefficient (Wildman–Crippen LogP) is 3.46. The average molecular weight is 282 g/mol. The van der Waals surface area contributed by atoms with Gasteiger partial charge in [0.25, 0.3) is 5.91 Å². The lowest BCUT2D eigenvalue weighted by Gasteiger charge is -2.20. The minimum atomic E-state index is -0.0278. The van der Waals surface area contributed by atoms with Crippen molar-refractivity contribution in [3.8, 4) is 0 Å². The SMILES string of the molecule is CC(C)NC(=O)c1cccc(N(C)Cc2ccccc2)c1. The van der Waals surface area contributed by atoms with E-state index in [0.717, 1.165) is 12.2 Å². The molecule has 0 unspecified atom stereocenters. The number of anilines is 1. The van der Waals surface area contributed by atoms with Crippen molar-refractivity contribution in [1.29, 1.82) is 0 Å². The zero-order valence-electron chi connectivity index (χ0n) is 12.8. The lowest BCUT2D eigenvalue weighted by atomic mass is 10.1. The third kappa shape index (κ3) is 4.35. The highest BCUT2D eigenvalue weighted by molar-refractivity contribution is 5.95. The Morgan fingerprint density at radius 1 is 1.10 bits per heavy atom. The molecule has 2 aromatic carbocycles. The second-order valence-corrected chi connectivity index (χ2v) is 5.52. The van der Waals surface area contributed by atoms with Crippen molar-refractivity contribution in [3.05, 3.63) is 65.7 Å². The molecule has 0 aliphatic rings. The largest absolute Gasteiger partial charge is 0.370 e. The standard InChI is InChI=1S/C18H22N2O/c1-14(2)19-18(21)16-10-7-11-17(12-16)20(3)13-15-8-5-4-6-9-15/h4-12,14H,13H2,1-3H3,(H,19,21). The Labute approximate surface area is 126 Å². The second-order valence-electron chi connectivity index (χ2n) is 5.52. The average Bonchev–Trinajstić information content (AvgIpc) is 2.47. The first kappa shape index (κ1) is 15.1. The number of benzene rings is 2. The molecule has 0 saturated carbocycles. The molecule has 3 heteroatoms. The molecule has 0 atom stereocenters. The lowest BCUT2D eigenvalue weighted by molar-refractivity contribution is 0.0943. The Bertz CT molecular complexity index is 593. The van der Waals surface area contributed by atoms with Crippen LogP contribution >= 0.6 is 0 Å². The maximum absolute atomic E-state index is 12.1. The molecule has 0 heterocycles. The van der Waals surface area contributed by atoms with E-state index >= 15 is 0 Å². The summed E-state index contributed by atoms with van der Waals surface area (Å²) >= 11 is 0. The molecule has 0 spiro atoms. The van der Waals surface area contributed by atoms with Crippen molar-refractivity contribution >= 4 is 11.6 Å². The van der Waals surface area contributed by atoms with Crippen LogP contribution in [0.2, 0.25) is 0 Å². The van der Waals surface area contributed by atoms with Gasteiger partial charge in [0, 0.05) is 30.9 Å². The summed E-state index contributed by atoms with van der Waals surface area (Å²) in [5, 5.41) is 2.92. The third-order valence-corrected chi connectivity index (χ3v) is 3.23. The summed E-state index contributed by atoms with van der Waals surface area (Å²) in [6.07, 6.45) is 0. The van der Waals surface area contributed by atoms with Gasteiger partial charge in [0.05, 0.1) is 0 Å². The van der Waals surface area contributed by atoms with Gasteiger partial charge >= 0.3 is 0 Å². The molecule has 2 rings (SSSR count). The van der Waals surface area contributed by atoms with Crippen molar-refractivity contribution in [2.24, 2.45) is 0 Å².